The van der Waals surface area contributed by atoms with Crippen molar-refractivity contribution >= 4 is 12.0 Å². The second kappa shape index (κ2) is 4.01. The number of nitrogens with one attached hydrogen (secondary N) is 2. The maximum atomic E-state index is 11.6. The molecule has 0 spiro atoms. The molecule has 7 heteroatoms. The first-order chi connectivity index (χ1) is 6.09. The van der Waals surface area contributed by atoms with E-state index in [1.165, 1.54) is 0 Å². The van der Waals surface area contributed by atoms with Crippen LogP contribution >= 0.6 is 0 Å². The van der Waals surface area contributed by atoms with Crippen molar-refractivity contribution in [3.05, 3.63) is 0 Å². The van der Waals surface area contributed by atoms with Crippen molar-refractivity contribution in [2.24, 2.45) is 0 Å². The van der Waals surface area contributed by atoms with Crippen LogP contribution in [0.15, 0.2) is 0 Å². The molecule has 74 valence electrons. The Balaban J connectivity index is 2.19. The third kappa shape index (κ3) is 2.85. The highest BCUT2D eigenvalue weighted by Gasteiger charge is 2.24. The third-order valence-corrected chi connectivity index (χ3v) is 1.45. The molecule has 1 heterocycles. The SMILES string of the molecule is O=C1NCC(CNC(=O)C(F)F)O1. The highest BCUT2D eigenvalue weighted by Crippen LogP contribution is 1.98. The van der Waals surface area contributed by atoms with Gasteiger partial charge in [-0.15, -0.1) is 0 Å². The molecule has 1 unspecified atom stereocenters. The molecular weight excluding hydrogens is 186 g/mol. The van der Waals surface area contributed by atoms with Gasteiger partial charge in [-0.2, -0.15) is 8.78 Å². The summed E-state index contributed by atoms with van der Waals surface area (Å²) in [6.07, 6.45) is -4.20. The minimum atomic E-state index is -3.04. The van der Waals surface area contributed by atoms with Crippen molar-refractivity contribution in [3.8, 4) is 0 Å². The standard InChI is InChI=1S/C6H8F2N2O3/c7-4(8)5(11)9-1-3-2-10-6(12)13-3/h3-4H,1-2H2,(H,9,11)(H,10,12). The molecule has 0 aromatic rings. The van der Waals surface area contributed by atoms with E-state index < -0.39 is 24.5 Å². The maximum Gasteiger partial charge on any atom is 0.407 e. The second-order valence-electron chi connectivity index (χ2n) is 2.45. The fraction of sp³-hybridized carbons (Fsp3) is 0.667. The van der Waals surface area contributed by atoms with E-state index in [-0.39, 0.29) is 13.1 Å². The summed E-state index contributed by atoms with van der Waals surface area (Å²) in [5.41, 5.74) is 0. The Kier molecular flexibility index (Phi) is 2.99. The molecular formula is C6H8F2N2O3. The molecule has 2 N–H and O–H groups in total. The Bertz CT molecular complexity index is 222. The van der Waals surface area contributed by atoms with Crippen molar-refractivity contribution in [2.45, 2.75) is 12.5 Å². The summed E-state index contributed by atoms with van der Waals surface area (Å²) >= 11 is 0. The Labute approximate surface area is 72.4 Å². The molecule has 0 aromatic carbocycles. The number of alkyl halides is 2. The fourth-order valence-electron chi connectivity index (χ4n) is 0.837. The van der Waals surface area contributed by atoms with Crippen LogP contribution in [-0.4, -0.2) is 37.6 Å². The molecule has 0 radical (unpaired) electrons. The smallest absolute Gasteiger partial charge is 0.407 e. The number of hydrogen-bond acceptors (Lipinski definition) is 3. The molecule has 0 aliphatic carbocycles. The number of halogens is 2. The fourth-order valence-corrected chi connectivity index (χ4v) is 0.837. The molecule has 5 nitrogen and oxygen atoms in total. The molecule has 0 bridgehead atoms. The molecule has 0 aromatic heterocycles. The van der Waals surface area contributed by atoms with Crippen molar-refractivity contribution in [3.63, 3.8) is 0 Å². The zero-order valence-corrected chi connectivity index (χ0v) is 6.55. The van der Waals surface area contributed by atoms with E-state index in [9.17, 15) is 18.4 Å². The quantitative estimate of drug-likeness (QED) is 0.635. The van der Waals surface area contributed by atoms with Crippen LogP contribution < -0.4 is 10.6 Å². The van der Waals surface area contributed by atoms with Crippen LogP contribution in [-0.2, 0) is 9.53 Å². The minimum Gasteiger partial charge on any atom is -0.442 e. The number of carbonyl (C=O) groups excluding carboxylic acids is 2. The molecule has 0 saturated carbocycles. The monoisotopic (exact) mass is 194 g/mol. The van der Waals surface area contributed by atoms with Crippen molar-refractivity contribution in [1.29, 1.82) is 0 Å². The van der Waals surface area contributed by atoms with E-state index in [0.29, 0.717) is 0 Å². The van der Waals surface area contributed by atoms with Crippen molar-refractivity contribution < 1.29 is 23.1 Å². The van der Waals surface area contributed by atoms with Crippen LogP contribution in [0.3, 0.4) is 0 Å². The summed E-state index contributed by atoms with van der Waals surface area (Å²) in [5.74, 6) is -1.36. The van der Waals surface area contributed by atoms with Gasteiger partial charge >= 0.3 is 12.5 Å². The Morgan fingerprint density at radius 2 is 2.46 bits per heavy atom. The molecule has 1 atom stereocenters. The molecule has 2 amide bonds. The topological polar surface area (TPSA) is 67.4 Å². The molecule has 13 heavy (non-hydrogen) atoms. The minimum absolute atomic E-state index is 0.0953. The van der Waals surface area contributed by atoms with E-state index in [0.717, 1.165) is 0 Å². The first-order valence-electron chi connectivity index (χ1n) is 3.60. The molecule has 1 aliphatic rings. The van der Waals surface area contributed by atoms with Crippen LogP contribution in [0, 0.1) is 0 Å². The number of amides is 2. The highest BCUT2D eigenvalue weighted by molar-refractivity contribution is 5.79. The highest BCUT2D eigenvalue weighted by atomic mass is 19.3. The normalized spacial score (nSPS) is 21.2. The van der Waals surface area contributed by atoms with E-state index in [4.69, 9.17) is 0 Å². The number of ether oxygens (including phenoxy) is 1. The summed E-state index contributed by atoms with van der Waals surface area (Å²) in [7, 11) is 0. The van der Waals surface area contributed by atoms with Gasteiger partial charge in [0.05, 0.1) is 13.1 Å². The van der Waals surface area contributed by atoms with E-state index in [1.807, 2.05) is 5.32 Å². The van der Waals surface area contributed by atoms with Gasteiger partial charge in [-0.05, 0) is 0 Å². The lowest BCUT2D eigenvalue weighted by atomic mass is 10.3. The third-order valence-electron chi connectivity index (χ3n) is 1.45. The van der Waals surface area contributed by atoms with Crippen LogP contribution in [0.4, 0.5) is 13.6 Å². The van der Waals surface area contributed by atoms with Gasteiger partial charge in [-0.3, -0.25) is 4.79 Å². The van der Waals surface area contributed by atoms with Crippen LogP contribution in [0.25, 0.3) is 0 Å². The lowest BCUT2D eigenvalue weighted by molar-refractivity contribution is -0.132. The predicted molar refractivity (Wildman–Crippen MR) is 37.3 cm³/mol. The van der Waals surface area contributed by atoms with Crippen molar-refractivity contribution in [2.75, 3.05) is 13.1 Å². The zero-order chi connectivity index (χ0) is 9.84. The Hall–Kier alpha value is -1.40. The van der Waals surface area contributed by atoms with Gasteiger partial charge in [-0.25, -0.2) is 4.79 Å². The summed E-state index contributed by atoms with van der Waals surface area (Å²) in [6, 6.07) is 0. The van der Waals surface area contributed by atoms with Crippen LogP contribution in [0.5, 0.6) is 0 Å². The first-order valence-corrected chi connectivity index (χ1v) is 3.60. The Morgan fingerprint density at radius 3 is 2.92 bits per heavy atom. The number of cyclic esters (lactones) is 1. The van der Waals surface area contributed by atoms with Gasteiger partial charge in [-0.1, -0.05) is 0 Å². The average Bonchev–Trinajstić information content (AvgIpc) is 2.47. The lowest BCUT2D eigenvalue weighted by Crippen LogP contribution is -2.37. The summed E-state index contributed by atoms with van der Waals surface area (Å²) < 4.78 is 27.9. The molecule has 1 fully saturated rings. The maximum absolute atomic E-state index is 11.6. The average molecular weight is 194 g/mol. The van der Waals surface area contributed by atoms with E-state index in [2.05, 4.69) is 10.1 Å². The lowest BCUT2D eigenvalue weighted by Gasteiger charge is -2.08. The second-order valence-corrected chi connectivity index (χ2v) is 2.45. The predicted octanol–water partition coefficient (Wildman–Crippen LogP) is -0.524. The summed E-state index contributed by atoms with van der Waals surface area (Å²) in [6.45, 7) is 0.129. The summed E-state index contributed by atoms with van der Waals surface area (Å²) in [5, 5.41) is 4.26. The largest absolute Gasteiger partial charge is 0.442 e. The summed E-state index contributed by atoms with van der Waals surface area (Å²) in [4.78, 5) is 20.8. The zero-order valence-electron chi connectivity index (χ0n) is 6.55. The van der Waals surface area contributed by atoms with Gasteiger partial charge in [0.2, 0.25) is 0 Å². The number of hydrogen-bond donors (Lipinski definition) is 2. The van der Waals surface area contributed by atoms with Gasteiger partial charge < -0.3 is 15.4 Å². The van der Waals surface area contributed by atoms with Gasteiger partial charge in [0.15, 0.2) is 0 Å². The molecule has 1 aliphatic heterocycles. The number of carbonyl (C=O) groups is 2. The van der Waals surface area contributed by atoms with Gasteiger partial charge in [0.1, 0.15) is 6.10 Å². The molecule has 1 rings (SSSR count). The van der Waals surface area contributed by atoms with Crippen molar-refractivity contribution in [1.82, 2.24) is 10.6 Å². The van der Waals surface area contributed by atoms with E-state index >= 15 is 0 Å². The number of rotatable bonds is 3. The number of alkyl carbamates (subject to hydrolysis) is 1. The van der Waals surface area contributed by atoms with Gasteiger partial charge in [0, 0.05) is 0 Å². The Morgan fingerprint density at radius 1 is 1.77 bits per heavy atom. The van der Waals surface area contributed by atoms with E-state index in [1.54, 1.807) is 0 Å². The van der Waals surface area contributed by atoms with Gasteiger partial charge in [0.25, 0.3) is 5.91 Å². The van der Waals surface area contributed by atoms with Crippen LogP contribution in [0.2, 0.25) is 0 Å². The molecule has 1 saturated heterocycles. The first kappa shape index (κ1) is 9.69. The van der Waals surface area contributed by atoms with Crippen LogP contribution in [0.1, 0.15) is 0 Å².